The SMILES string of the molecule is CC(C)C(NC(=O)C(C)n1cccn1)C(=O)O. The fraction of sp³-hybridized carbons (Fsp3) is 0.545. The lowest BCUT2D eigenvalue weighted by Crippen LogP contribution is -2.46. The molecule has 2 N–H and O–H groups in total. The largest absolute Gasteiger partial charge is 0.480 e. The molecule has 0 bridgehead atoms. The van der Waals surface area contributed by atoms with Crippen LogP contribution in [-0.4, -0.2) is 32.8 Å². The maximum Gasteiger partial charge on any atom is 0.326 e. The molecule has 0 saturated heterocycles. The van der Waals surface area contributed by atoms with Gasteiger partial charge >= 0.3 is 5.97 Å². The Bertz CT molecular complexity index is 387. The van der Waals surface area contributed by atoms with Gasteiger partial charge in [-0.1, -0.05) is 13.8 Å². The van der Waals surface area contributed by atoms with Gasteiger partial charge in [-0.3, -0.25) is 9.48 Å². The van der Waals surface area contributed by atoms with E-state index in [0.717, 1.165) is 0 Å². The standard InChI is InChI=1S/C11H17N3O3/c1-7(2)9(11(16)17)13-10(15)8(3)14-6-4-5-12-14/h4-9H,1-3H3,(H,13,15)(H,16,17). The number of amides is 1. The van der Waals surface area contributed by atoms with Gasteiger partial charge in [-0.2, -0.15) is 5.10 Å². The monoisotopic (exact) mass is 239 g/mol. The van der Waals surface area contributed by atoms with E-state index in [0.29, 0.717) is 0 Å². The summed E-state index contributed by atoms with van der Waals surface area (Å²) in [6.45, 7) is 5.16. The van der Waals surface area contributed by atoms with Gasteiger partial charge in [0.1, 0.15) is 12.1 Å². The molecular weight excluding hydrogens is 222 g/mol. The molecule has 0 radical (unpaired) electrons. The molecule has 2 atom stereocenters. The Balaban J connectivity index is 2.68. The molecule has 1 amide bonds. The summed E-state index contributed by atoms with van der Waals surface area (Å²) in [7, 11) is 0. The molecule has 0 fully saturated rings. The Kier molecular flexibility index (Phi) is 4.25. The van der Waals surface area contributed by atoms with Crippen molar-refractivity contribution in [1.29, 1.82) is 0 Å². The molecule has 1 aromatic rings. The molecule has 2 unspecified atom stereocenters. The lowest BCUT2D eigenvalue weighted by Gasteiger charge is -2.20. The number of rotatable bonds is 5. The number of nitrogens with zero attached hydrogens (tertiary/aromatic N) is 2. The quantitative estimate of drug-likeness (QED) is 0.791. The summed E-state index contributed by atoms with van der Waals surface area (Å²) in [5.41, 5.74) is 0. The van der Waals surface area contributed by atoms with E-state index >= 15 is 0 Å². The van der Waals surface area contributed by atoms with E-state index in [4.69, 9.17) is 5.11 Å². The zero-order valence-electron chi connectivity index (χ0n) is 10.1. The number of carbonyl (C=O) groups is 2. The molecule has 0 aliphatic rings. The summed E-state index contributed by atoms with van der Waals surface area (Å²) in [5.74, 6) is -1.54. The van der Waals surface area contributed by atoms with E-state index in [1.165, 1.54) is 4.68 Å². The highest BCUT2D eigenvalue weighted by Crippen LogP contribution is 2.07. The molecule has 1 aromatic heterocycles. The van der Waals surface area contributed by atoms with Crippen LogP contribution in [-0.2, 0) is 9.59 Å². The van der Waals surface area contributed by atoms with Crippen LogP contribution in [0.3, 0.4) is 0 Å². The highest BCUT2D eigenvalue weighted by molar-refractivity contribution is 5.85. The molecule has 1 heterocycles. The first-order chi connectivity index (χ1) is 7.93. The number of carboxylic acids is 1. The second kappa shape index (κ2) is 5.47. The molecule has 6 heteroatoms. The molecule has 0 saturated carbocycles. The fourth-order valence-electron chi connectivity index (χ4n) is 1.42. The highest BCUT2D eigenvalue weighted by atomic mass is 16.4. The molecule has 0 spiro atoms. The van der Waals surface area contributed by atoms with Gasteiger partial charge < -0.3 is 10.4 Å². The van der Waals surface area contributed by atoms with Crippen molar-refractivity contribution in [3.8, 4) is 0 Å². The third kappa shape index (κ3) is 3.30. The lowest BCUT2D eigenvalue weighted by atomic mass is 10.0. The smallest absolute Gasteiger partial charge is 0.326 e. The predicted molar refractivity (Wildman–Crippen MR) is 61.3 cm³/mol. The van der Waals surface area contributed by atoms with Crippen LogP contribution in [0.5, 0.6) is 0 Å². The minimum Gasteiger partial charge on any atom is -0.480 e. The average Bonchev–Trinajstić information content (AvgIpc) is 2.76. The summed E-state index contributed by atoms with van der Waals surface area (Å²) in [5, 5.41) is 15.4. The van der Waals surface area contributed by atoms with Gasteiger partial charge in [0, 0.05) is 12.4 Å². The number of aliphatic carboxylic acids is 1. The average molecular weight is 239 g/mol. The molecule has 0 aliphatic carbocycles. The van der Waals surface area contributed by atoms with Crippen molar-refractivity contribution in [2.24, 2.45) is 5.92 Å². The molecule has 0 aliphatic heterocycles. The van der Waals surface area contributed by atoms with Crippen LogP contribution in [0.2, 0.25) is 0 Å². The van der Waals surface area contributed by atoms with Gasteiger partial charge in [-0.25, -0.2) is 4.79 Å². The first-order valence-electron chi connectivity index (χ1n) is 5.45. The second-order valence-electron chi connectivity index (χ2n) is 4.23. The zero-order chi connectivity index (χ0) is 13.0. The van der Waals surface area contributed by atoms with E-state index < -0.39 is 18.1 Å². The van der Waals surface area contributed by atoms with E-state index in [9.17, 15) is 9.59 Å². The Morgan fingerprint density at radius 2 is 2.00 bits per heavy atom. The zero-order valence-corrected chi connectivity index (χ0v) is 10.1. The van der Waals surface area contributed by atoms with Crippen molar-refractivity contribution in [2.45, 2.75) is 32.9 Å². The summed E-state index contributed by atoms with van der Waals surface area (Å²) in [6, 6.07) is 0.312. The van der Waals surface area contributed by atoms with Crippen LogP contribution in [0.25, 0.3) is 0 Å². The van der Waals surface area contributed by atoms with Crippen molar-refractivity contribution >= 4 is 11.9 Å². The first kappa shape index (κ1) is 13.2. The van der Waals surface area contributed by atoms with Crippen molar-refractivity contribution < 1.29 is 14.7 Å². The number of aromatic nitrogens is 2. The molecule has 0 aromatic carbocycles. The van der Waals surface area contributed by atoms with Crippen LogP contribution < -0.4 is 5.32 Å². The Hall–Kier alpha value is -1.85. The van der Waals surface area contributed by atoms with E-state index in [1.807, 2.05) is 0 Å². The van der Waals surface area contributed by atoms with Crippen molar-refractivity contribution in [3.63, 3.8) is 0 Å². The molecule has 94 valence electrons. The van der Waals surface area contributed by atoms with Crippen molar-refractivity contribution in [1.82, 2.24) is 15.1 Å². The van der Waals surface area contributed by atoms with Crippen molar-refractivity contribution in [2.75, 3.05) is 0 Å². The maximum absolute atomic E-state index is 11.8. The van der Waals surface area contributed by atoms with Crippen LogP contribution in [0, 0.1) is 5.92 Å². The number of hydrogen-bond acceptors (Lipinski definition) is 3. The number of carboxylic acid groups (broad SMARTS) is 1. The number of carbonyl (C=O) groups excluding carboxylic acids is 1. The molecule has 17 heavy (non-hydrogen) atoms. The number of nitrogens with one attached hydrogen (secondary N) is 1. The minimum absolute atomic E-state index is 0.165. The Morgan fingerprint density at radius 3 is 2.41 bits per heavy atom. The first-order valence-corrected chi connectivity index (χ1v) is 5.45. The van der Waals surface area contributed by atoms with Gasteiger partial charge in [0.25, 0.3) is 0 Å². The second-order valence-corrected chi connectivity index (χ2v) is 4.23. The summed E-state index contributed by atoms with van der Waals surface area (Å²) in [4.78, 5) is 22.8. The van der Waals surface area contributed by atoms with E-state index in [-0.39, 0.29) is 11.8 Å². The third-order valence-electron chi connectivity index (χ3n) is 2.53. The topological polar surface area (TPSA) is 84.2 Å². The minimum atomic E-state index is -1.03. The Labute approximate surface area is 99.6 Å². The van der Waals surface area contributed by atoms with Gasteiger partial charge in [0.05, 0.1) is 0 Å². The van der Waals surface area contributed by atoms with Crippen LogP contribution in [0.1, 0.15) is 26.8 Å². The normalized spacial score (nSPS) is 14.4. The van der Waals surface area contributed by atoms with E-state index in [1.54, 1.807) is 39.2 Å². The van der Waals surface area contributed by atoms with Crippen LogP contribution >= 0.6 is 0 Å². The fourth-order valence-corrected chi connectivity index (χ4v) is 1.42. The van der Waals surface area contributed by atoms with Crippen molar-refractivity contribution in [3.05, 3.63) is 18.5 Å². The summed E-state index contributed by atoms with van der Waals surface area (Å²) < 4.78 is 1.48. The maximum atomic E-state index is 11.8. The van der Waals surface area contributed by atoms with Gasteiger partial charge in [-0.05, 0) is 18.9 Å². The number of hydrogen-bond donors (Lipinski definition) is 2. The summed E-state index contributed by atoms with van der Waals surface area (Å²) in [6.07, 6.45) is 3.23. The van der Waals surface area contributed by atoms with Crippen LogP contribution in [0.15, 0.2) is 18.5 Å². The lowest BCUT2D eigenvalue weighted by molar-refractivity contribution is -0.143. The van der Waals surface area contributed by atoms with Gasteiger partial charge in [-0.15, -0.1) is 0 Å². The third-order valence-corrected chi connectivity index (χ3v) is 2.53. The van der Waals surface area contributed by atoms with Crippen LogP contribution in [0.4, 0.5) is 0 Å². The Morgan fingerprint density at radius 1 is 1.35 bits per heavy atom. The van der Waals surface area contributed by atoms with E-state index in [2.05, 4.69) is 10.4 Å². The molecule has 6 nitrogen and oxygen atoms in total. The molecule has 1 rings (SSSR count). The van der Waals surface area contributed by atoms with Gasteiger partial charge in [0.15, 0.2) is 0 Å². The summed E-state index contributed by atoms with van der Waals surface area (Å²) >= 11 is 0. The van der Waals surface area contributed by atoms with Gasteiger partial charge in [0.2, 0.25) is 5.91 Å². The molecular formula is C11H17N3O3. The predicted octanol–water partition coefficient (Wildman–Crippen LogP) is 0.669. The highest BCUT2D eigenvalue weighted by Gasteiger charge is 2.26.